The Morgan fingerprint density at radius 2 is 2.17 bits per heavy atom. The quantitative estimate of drug-likeness (QED) is 0.844. The Bertz CT molecular complexity index is 501. The highest BCUT2D eigenvalue weighted by molar-refractivity contribution is 5.67. The molecule has 2 rings (SSSR count). The summed E-state index contributed by atoms with van der Waals surface area (Å²) in [7, 11) is 0. The Morgan fingerprint density at radius 1 is 1.48 bits per heavy atom. The van der Waals surface area contributed by atoms with Gasteiger partial charge < -0.3 is 15.2 Å². The fraction of sp³-hybridized carbons (Fsp3) is 0.765. The molecule has 1 unspecified atom stereocenters. The number of aliphatic hydroxyl groups excluding tert-OH is 1. The van der Waals surface area contributed by atoms with Crippen LogP contribution < -0.4 is 5.32 Å². The van der Waals surface area contributed by atoms with Crippen molar-refractivity contribution >= 4 is 6.09 Å². The van der Waals surface area contributed by atoms with Gasteiger partial charge in [-0.05, 0) is 46.1 Å². The van der Waals surface area contributed by atoms with Crippen molar-refractivity contribution in [3.05, 3.63) is 18.0 Å². The second-order valence-electron chi connectivity index (χ2n) is 7.36. The number of carbonyl (C=O) groups excluding carboxylic acids is 1. The van der Waals surface area contributed by atoms with Gasteiger partial charge in [-0.1, -0.05) is 12.8 Å². The lowest BCUT2D eigenvalue weighted by Gasteiger charge is -2.21. The van der Waals surface area contributed by atoms with Gasteiger partial charge >= 0.3 is 6.09 Å². The lowest BCUT2D eigenvalue weighted by atomic mass is 10.0. The lowest BCUT2D eigenvalue weighted by molar-refractivity contribution is 0.0512. The topological polar surface area (TPSA) is 76.4 Å². The third kappa shape index (κ3) is 5.86. The predicted molar refractivity (Wildman–Crippen MR) is 88.2 cm³/mol. The summed E-state index contributed by atoms with van der Waals surface area (Å²) >= 11 is 0. The number of alkyl carbamates (subject to hydrolysis) is 1. The average molecular weight is 323 g/mol. The molecular formula is C17H29N3O3. The van der Waals surface area contributed by atoms with Crippen LogP contribution in [-0.2, 0) is 11.2 Å². The first-order chi connectivity index (χ1) is 10.9. The zero-order valence-corrected chi connectivity index (χ0v) is 14.4. The van der Waals surface area contributed by atoms with Gasteiger partial charge in [0.25, 0.3) is 0 Å². The zero-order valence-electron chi connectivity index (χ0n) is 14.4. The number of aliphatic hydroxyl groups is 1. The first kappa shape index (κ1) is 17.8. The van der Waals surface area contributed by atoms with Gasteiger partial charge in [-0.25, -0.2) is 4.79 Å². The first-order valence-corrected chi connectivity index (χ1v) is 8.49. The van der Waals surface area contributed by atoms with E-state index in [0.29, 0.717) is 19.0 Å². The minimum absolute atomic E-state index is 0.00604. The minimum atomic E-state index is -0.515. The van der Waals surface area contributed by atoms with Gasteiger partial charge in [0.05, 0.1) is 11.7 Å². The predicted octanol–water partition coefficient (Wildman–Crippen LogP) is 2.67. The van der Waals surface area contributed by atoms with Gasteiger partial charge in [-0.15, -0.1) is 0 Å². The summed E-state index contributed by atoms with van der Waals surface area (Å²) in [5.41, 5.74) is 0.445. The molecule has 0 aromatic carbocycles. The van der Waals surface area contributed by atoms with Gasteiger partial charge in [0.2, 0.25) is 0 Å². The number of aromatic nitrogens is 2. The van der Waals surface area contributed by atoms with Gasteiger partial charge in [0, 0.05) is 25.3 Å². The molecule has 1 atom stereocenters. The van der Waals surface area contributed by atoms with E-state index in [2.05, 4.69) is 15.1 Å². The summed E-state index contributed by atoms with van der Waals surface area (Å²) in [5, 5.41) is 16.9. The minimum Gasteiger partial charge on any atom is -0.444 e. The molecule has 1 heterocycles. The number of hydrogen-bond acceptors (Lipinski definition) is 4. The second kappa shape index (κ2) is 7.81. The molecule has 1 aliphatic rings. The van der Waals surface area contributed by atoms with Crippen molar-refractivity contribution in [2.24, 2.45) is 5.92 Å². The monoisotopic (exact) mass is 323 g/mol. The van der Waals surface area contributed by atoms with Crippen LogP contribution in [0.3, 0.4) is 0 Å². The van der Waals surface area contributed by atoms with Crippen molar-refractivity contribution in [2.75, 3.05) is 13.2 Å². The van der Waals surface area contributed by atoms with E-state index in [9.17, 15) is 9.90 Å². The van der Waals surface area contributed by atoms with E-state index in [1.165, 1.54) is 25.7 Å². The molecule has 0 radical (unpaired) electrons. The molecule has 1 aromatic rings. The number of carbonyl (C=O) groups is 1. The van der Waals surface area contributed by atoms with Crippen LogP contribution >= 0.6 is 0 Å². The van der Waals surface area contributed by atoms with Crippen molar-refractivity contribution in [3.8, 4) is 0 Å². The second-order valence-corrected chi connectivity index (χ2v) is 7.36. The molecule has 0 aliphatic heterocycles. The Morgan fingerprint density at radius 3 is 2.78 bits per heavy atom. The highest BCUT2D eigenvalue weighted by Crippen LogP contribution is 2.28. The molecular weight excluding hydrogens is 294 g/mol. The van der Waals surface area contributed by atoms with Gasteiger partial charge in [-0.2, -0.15) is 5.10 Å². The maximum atomic E-state index is 11.7. The largest absolute Gasteiger partial charge is 0.444 e. The summed E-state index contributed by atoms with van der Waals surface area (Å²) in [5.74, 6) is -0.0607. The van der Waals surface area contributed by atoms with Crippen LogP contribution in [0.5, 0.6) is 0 Å². The number of amides is 1. The van der Waals surface area contributed by atoms with Crippen LogP contribution in [0, 0.1) is 5.92 Å². The molecule has 1 aliphatic carbocycles. The zero-order chi connectivity index (χ0) is 16.9. The molecule has 1 fully saturated rings. The Hall–Kier alpha value is -1.56. The number of nitrogens with zero attached hydrogens (tertiary/aromatic N) is 2. The van der Waals surface area contributed by atoms with Crippen molar-refractivity contribution in [2.45, 2.75) is 64.5 Å². The molecule has 1 saturated carbocycles. The van der Waals surface area contributed by atoms with Crippen molar-refractivity contribution in [1.82, 2.24) is 15.1 Å². The number of ether oxygens (including phenoxy) is 1. The Labute approximate surface area is 138 Å². The Balaban J connectivity index is 1.81. The number of nitrogens with one attached hydrogen (secondary N) is 1. The van der Waals surface area contributed by atoms with Gasteiger partial charge in [0.15, 0.2) is 0 Å². The van der Waals surface area contributed by atoms with E-state index in [1.54, 1.807) is 0 Å². The average Bonchev–Trinajstić information content (AvgIpc) is 3.12. The fourth-order valence-electron chi connectivity index (χ4n) is 2.90. The molecule has 6 heteroatoms. The molecule has 23 heavy (non-hydrogen) atoms. The normalized spacial score (nSPS) is 17.2. The van der Waals surface area contributed by atoms with E-state index >= 15 is 0 Å². The molecule has 0 bridgehead atoms. The first-order valence-electron chi connectivity index (χ1n) is 8.49. The van der Waals surface area contributed by atoms with Crippen LogP contribution in [-0.4, -0.2) is 39.7 Å². The summed E-state index contributed by atoms with van der Waals surface area (Å²) < 4.78 is 7.26. The third-order valence-electron chi connectivity index (χ3n) is 4.05. The maximum absolute atomic E-state index is 11.7. The number of rotatable bonds is 6. The van der Waals surface area contributed by atoms with Crippen molar-refractivity contribution in [1.29, 1.82) is 0 Å². The highest BCUT2D eigenvalue weighted by atomic mass is 16.6. The summed E-state index contributed by atoms with van der Waals surface area (Å²) in [6.07, 6.45) is 7.17. The standard InChI is InChI=1S/C17H29N3O3/c1-17(2,3)23-16(22)18-11-13(12-21)10-14-8-9-20(19-14)15-6-4-5-7-15/h8-9,13,15,21H,4-7,10-12H2,1-3H3,(H,18,22). The van der Waals surface area contributed by atoms with Crippen molar-refractivity contribution < 1.29 is 14.6 Å². The molecule has 6 nitrogen and oxygen atoms in total. The highest BCUT2D eigenvalue weighted by Gasteiger charge is 2.20. The fourth-order valence-corrected chi connectivity index (χ4v) is 2.90. The Kier molecular flexibility index (Phi) is 6.04. The van der Waals surface area contributed by atoms with E-state index in [4.69, 9.17) is 4.74 Å². The molecule has 130 valence electrons. The van der Waals surface area contributed by atoms with Gasteiger partial charge in [0.1, 0.15) is 5.60 Å². The van der Waals surface area contributed by atoms with E-state index < -0.39 is 11.7 Å². The summed E-state index contributed by atoms with van der Waals surface area (Å²) in [4.78, 5) is 11.7. The van der Waals surface area contributed by atoms with Crippen LogP contribution in [0.4, 0.5) is 4.79 Å². The van der Waals surface area contributed by atoms with Crippen LogP contribution in [0.2, 0.25) is 0 Å². The van der Waals surface area contributed by atoms with Crippen LogP contribution in [0.15, 0.2) is 12.3 Å². The lowest BCUT2D eigenvalue weighted by Crippen LogP contribution is -2.36. The summed E-state index contributed by atoms with van der Waals surface area (Å²) in [6, 6.07) is 2.53. The van der Waals surface area contributed by atoms with E-state index in [-0.39, 0.29) is 12.5 Å². The van der Waals surface area contributed by atoms with Gasteiger partial charge in [-0.3, -0.25) is 4.68 Å². The van der Waals surface area contributed by atoms with Crippen molar-refractivity contribution in [3.63, 3.8) is 0 Å². The SMILES string of the molecule is CC(C)(C)OC(=O)NCC(CO)Cc1ccn(C2CCCC2)n1. The molecule has 2 N–H and O–H groups in total. The molecule has 0 spiro atoms. The van der Waals surface area contributed by atoms with Crippen LogP contribution in [0.1, 0.15) is 58.2 Å². The van der Waals surface area contributed by atoms with Crippen LogP contribution in [0.25, 0.3) is 0 Å². The summed E-state index contributed by atoms with van der Waals surface area (Å²) in [6.45, 7) is 5.86. The molecule has 1 amide bonds. The number of hydrogen-bond donors (Lipinski definition) is 2. The van der Waals surface area contributed by atoms with E-state index in [1.807, 2.05) is 33.0 Å². The maximum Gasteiger partial charge on any atom is 0.407 e. The smallest absolute Gasteiger partial charge is 0.407 e. The third-order valence-corrected chi connectivity index (χ3v) is 4.05. The van der Waals surface area contributed by atoms with E-state index in [0.717, 1.165) is 5.69 Å². The molecule has 1 aromatic heterocycles. The molecule has 0 saturated heterocycles.